The van der Waals surface area contributed by atoms with E-state index < -0.39 is 11.7 Å². The average molecular weight is 375 g/mol. The van der Waals surface area contributed by atoms with Crippen LogP contribution in [0.2, 0.25) is 0 Å². The van der Waals surface area contributed by atoms with Crippen LogP contribution in [-0.2, 0) is 19.3 Å². The zero-order valence-electron chi connectivity index (χ0n) is 15.3. The van der Waals surface area contributed by atoms with Crippen LogP contribution in [0.1, 0.15) is 46.6 Å². The second kappa shape index (κ2) is 6.23. The molecule has 1 atom stereocenters. The predicted octanol–water partition coefficient (Wildman–Crippen LogP) is 4.14. The van der Waals surface area contributed by atoms with E-state index in [1.807, 2.05) is 18.2 Å². The van der Waals surface area contributed by atoms with E-state index in [2.05, 4.69) is 20.6 Å². The SMILES string of the molecule is Cc1c([C@@H](C)Nc2nc3ncc(C)n3c3c2CNC3)cccc1C(F)(F)F. The Bertz CT molecular complexity index is 1020. The lowest BCUT2D eigenvalue weighted by Crippen LogP contribution is -2.16. The van der Waals surface area contributed by atoms with E-state index in [-0.39, 0.29) is 11.6 Å². The van der Waals surface area contributed by atoms with Crippen LogP contribution in [0.5, 0.6) is 0 Å². The van der Waals surface area contributed by atoms with E-state index in [0.717, 1.165) is 23.0 Å². The summed E-state index contributed by atoms with van der Waals surface area (Å²) in [4.78, 5) is 8.95. The van der Waals surface area contributed by atoms with Gasteiger partial charge in [0, 0.05) is 30.0 Å². The fourth-order valence-corrected chi connectivity index (χ4v) is 3.79. The Morgan fingerprint density at radius 2 is 2.00 bits per heavy atom. The Kier molecular flexibility index (Phi) is 4.10. The Balaban J connectivity index is 1.74. The minimum Gasteiger partial charge on any atom is -0.363 e. The lowest BCUT2D eigenvalue weighted by Gasteiger charge is -2.21. The summed E-state index contributed by atoms with van der Waals surface area (Å²) in [5.74, 6) is 1.25. The highest BCUT2D eigenvalue weighted by atomic mass is 19.4. The molecule has 0 spiro atoms. The Labute approximate surface area is 154 Å². The van der Waals surface area contributed by atoms with E-state index in [9.17, 15) is 13.2 Å². The normalized spacial score (nSPS) is 15.2. The molecule has 1 aliphatic heterocycles. The van der Waals surface area contributed by atoms with Gasteiger partial charge in [-0.2, -0.15) is 18.2 Å². The maximum absolute atomic E-state index is 13.2. The van der Waals surface area contributed by atoms with Gasteiger partial charge < -0.3 is 10.6 Å². The van der Waals surface area contributed by atoms with Crippen LogP contribution in [0.15, 0.2) is 24.4 Å². The molecule has 0 radical (unpaired) electrons. The molecule has 0 saturated carbocycles. The van der Waals surface area contributed by atoms with Crippen molar-refractivity contribution in [2.45, 2.75) is 46.1 Å². The van der Waals surface area contributed by atoms with E-state index in [0.29, 0.717) is 30.2 Å². The summed E-state index contributed by atoms with van der Waals surface area (Å²) >= 11 is 0. The van der Waals surface area contributed by atoms with Gasteiger partial charge in [-0.1, -0.05) is 12.1 Å². The number of hydrogen-bond donors (Lipinski definition) is 2. The molecule has 142 valence electrons. The third-order valence-corrected chi connectivity index (χ3v) is 5.13. The van der Waals surface area contributed by atoms with Crippen LogP contribution in [0.25, 0.3) is 5.78 Å². The van der Waals surface area contributed by atoms with Crippen molar-refractivity contribution < 1.29 is 13.2 Å². The fraction of sp³-hybridized carbons (Fsp3) is 0.368. The topological polar surface area (TPSA) is 54.2 Å². The minimum atomic E-state index is -4.37. The second-order valence-electron chi connectivity index (χ2n) is 6.91. The minimum absolute atomic E-state index is 0.234. The summed E-state index contributed by atoms with van der Waals surface area (Å²) in [6.07, 6.45) is -2.60. The van der Waals surface area contributed by atoms with Gasteiger partial charge in [-0.3, -0.25) is 4.40 Å². The van der Waals surface area contributed by atoms with Gasteiger partial charge >= 0.3 is 6.18 Å². The first-order chi connectivity index (χ1) is 12.8. The van der Waals surface area contributed by atoms with Gasteiger partial charge in [0.25, 0.3) is 0 Å². The van der Waals surface area contributed by atoms with E-state index in [1.165, 1.54) is 13.0 Å². The number of fused-ring (bicyclic) bond motifs is 3. The number of nitrogens with zero attached hydrogens (tertiary/aromatic N) is 3. The van der Waals surface area contributed by atoms with E-state index >= 15 is 0 Å². The van der Waals surface area contributed by atoms with Gasteiger partial charge in [-0.05, 0) is 38.0 Å². The monoisotopic (exact) mass is 375 g/mol. The third kappa shape index (κ3) is 2.93. The molecule has 2 N–H and O–H groups in total. The van der Waals surface area contributed by atoms with Gasteiger partial charge in [0.15, 0.2) is 0 Å². The van der Waals surface area contributed by atoms with Gasteiger partial charge in [0.1, 0.15) is 5.82 Å². The standard InChI is InChI=1S/C19H20F3N5/c1-10-7-24-18-26-17(14-8-23-9-16(14)27(10)18)25-12(3)13-5-4-6-15(11(13)2)19(20,21)22/h4-7,12,23H,8-9H2,1-3H3,(H,24,25,26)/t12-/m1/s1. The first-order valence-electron chi connectivity index (χ1n) is 8.77. The molecule has 3 heterocycles. The lowest BCUT2D eigenvalue weighted by molar-refractivity contribution is -0.138. The van der Waals surface area contributed by atoms with Gasteiger partial charge in [-0.25, -0.2) is 4.98 Å². The van der Waals surface area contributed by atoms with Crippen LogP contribution in [-0.4, -0.2) is 14.4 Å². The molecule has 4 rings (SSSR count). The Morgan fingerprint density at radius 1 is 1.22 bits per heavy atom. The number of nitrogens with one attached hydrogen (secondary N) is 2. The van der Waals surface area contributed by atoms with Crippen LogP contribution in [0.3, 0.4) is 0 Å². The van der Waals surface area contributed by atoms with Gasteiger partial charge in [0.2, 0.25) is 5.78 Å². The van der Waals surface area contributed by atoms with Crippen LogP contribution in [0.4, 0.5) is 19.0 Å². The molecule has 27 heavy (non-hydrogen) atoms. The third-order valence-electron chi connectivity index (χ3n) is 5.13. The van der Waals surface area contributed by atoms with E-state index in [4.69, 9.17) is 0 Å². The molecular weight excluding hydrogens is 355 g/mol. The van der Waals surface area contributed by atoms with Crippen molar-refractivity contribution in [3.05, 3.63) is 58.0 Å². The van der Waals surface area contributed by atoms with Crippen molar-refractivity contribution in [2.24, 2.45) is 0 Å². The largest absolute Gasteiger partial charge is 0.416 e. The molecule has 0 aliphatic carbocycles. The number of anilines is 1. The van der Waals surface area contributed by atoms with Crippen LogP contribution in [0, 0.1) is 13.8 Å². The molecule has 5 nitrogen and oxygen atoms in total. The molecule has 0 amide bonds. The molecule has 2 aromatic heterocycles. The van der Waals surface area contributed by atoms with Crippen molar-refractivity contribution in [1.82, 2.24) is 19.7 Å². The molecule has 0 saturated heterocycles. The highest BCUT2D eigenvalue weighted by Gasteiger charge is 2.33. The summed E-state index contributed by atoms with van der Waals surface area (Å²) in [6, 6.07) is 3.95. The Hall–Kier alpha value is -2.61. The number of aryl methyl sites for hydroxylation is 1. The molecule has 8 heteroatoms. The average Bonchev–Trinajstić information content (AvgIpc) is 3.21. The molecule has 0 unspecified atom stereocenters. The zero-order valence-corrected chi connectivity index (χ0v) is 15.3. The first kappa shape index (κ1) is 17.8. The van der Waals surface area contributed by atoms with Crippen molar-refractivity contribution in [2.75, 3.05) is 5.32 Å². The second-order valence-corrected chi connectivity index (χ2v) is 6.91. The molecular formula is C19H20F3N5. The number of imidazole rings is 1. The number of alkyl halides is 3. The summed E-state index contributed by atoms with van der Waals surface area (Å²) in [5, 5.41) is 6.62. The quantitative estimate of drug-likeness (QED) is 0.722. The highest BCUT2D eigenvalue weighted by molar-refractivity contribution is 5.56. The molecule has 0 bridgehead atoms. The molecule has 1 aromatic carbocycles. The van der Waals surface area contributed by atoms with Crippen molar-refractivity contribution in [3.8, 4) is 0 Å². The predicted molar refractivity (Wildman–Crippen MR) is 96.5 cm³/mol. The van der Waals surface area contributed by atoms with Crippen LogP contribution >= 0.6 is 0 Å². The maximum atomic E-state index is 13.2. The lowest BCUT2D eigenvalue weighted by atomic mass is 9.97. The highest BCUT2D eigenvalue weighted by Crippen LogP contribution is 2.35. The van der Waals surface area contributed by atoms with Crippen molar-refractivity contribution in [1.29, 1.82) is 0 Å². The van der Waals surface area contributed by atoms with Crippen LogP contribution < -0.4 is 10.6 Å². The van der Waals surface area contributed by atoms with Crippen molar-refractivity contribution in [3.63, 3.8) is 0 Å². The smallest absolute Gasteiger partial charge is 0.363 e. The van der Waals surface area contributed by atoms with Gasteiger partial charge in [-0.15, -0.1) is 0 Å². The summed E-state index contributed by atoms with van der Waals surface area (Å²) in [6.45, 7) is 6.70. The summed E-state index contributed by atoms with van der Waals surface area (Å²) in [7, 11) is 0. The van der Waals surface area contributed by atoms with Gasteiger partial charge in [0.05, 0.1) is 17.8 Å². The maximum Gasteiger partial charge on any atom is 0.416 e. The Morgan fingerprint density at radius 3 is 2.74 bits per heavy atom. The number of aromatic nitrogens is 3. The fourth-order valence-electron chi connectivity index (χ4n) is 3.79. The number of benzene rings is 1. The molecule has 3 aromatic rings. The molecule has 1 aliphatic rings. The number of halogens is 3. The number of hydrogen-bond acceptors (Lipinski definition) is 4. The number of rotatable bonds is 3. The van der Waals surface area contributed by atoms with E-state index in [1.54, 1.807) is 12.3 Å². The molecule has 0 fully saturated rings. The zero-order chi connectivity index (χ0) is 19.3. The first-order valence-corrected chi connectivity index (χ1v) is 8.77. The summed E-state index contributed by atoms with van der Waals surface area (Å²) in [5.41, 5.74) is 3.35. The van der Waals surface area contributed by atoms with Crippen molar-refractivity contribution >= 4 is 11.6 Å². The summed E-state index contributed by atoms with van der Waals surface area (Å²) < 4.78 is 41.7.